The van der Waals surface area contributed by atoms with E-state index in [9.17, 15) is 20.1 Å². The van der Waals surface area contributed by atoms with Crippen LogP contribution in [0.15, 0.2) is 0 Å². The minimum absolute atomic E-state index is 0. The maximum atomic E-state index is 11.3. The van der Waals surface area contributed by atoms with Crippen molar-refractivity contribution in [1.82, 2.24) is 0 Å². The summed E-state index contributed by atoms with van der Waals surface area (Å²) >= 11 is 0. The molecule has 4 aliphatic rings. The van der Waals surface area contributed by atoms with Crippen molar-refractivity contribution >= 4 is 5.97 Å². The second kappa shape index (κ2) is 8.84. The Morgan fingerprint density at radius 3 is 2.28 bits per heavy atom. The first-order valence-electron chi connectivity index (χ1n) is 11.2. The van der Waals surface area contributed by atoms with E-state index in [0.29, 0.717) is 29.6 Å². The maximum absolute atomic E-state index is 11.3. The molecule has 0 aromatic heterocycles. The van der Waals surface area contributed by atoms with Crippen molar-refractivity contribution in [2.45, 2.75) is 98.2 Å². The molecule has 0 spiro atoms. The summed E-state index contributed by atoms with van der Waals surface area (Å²) in [5.74, 6) is 1.89. The Balaban J connectivity index is 0.00000150. The van der Waals surface area contributed by atoms with E-state index in [4.69, 9.17) is 0 Å². The summed E-state index contributed by atoms with van der Waals surface area (Å²) in [7, 11) is 0. The first-order valence-corrected chi connectivity index (χ1v) is 11.2. The number of fused-ring (bicyclic) bond motifs is 5. The molecule has 29 heavy (non-hydrogen) atoms. The van der Waals surface area contributed by atoms with Gasteiger partial charge in [0.1, 0.15) is 0 Å². The molecule has 5 heteroatoms. The number of carboxylic acids is 1. The molecule has 0 aromatic rings. The number of aliphatic hydroxyl groups excluding tert-OH is 2. The summed E-state index contributed by atoms with van der Waals surface area (Å²) < 4.78 is 0. The average Bonchev–Trinajstić information content (AvgIpc) is 2.93. The fourth-order valence-corrected chi connectivity index (χ4v) is 8.59. The van der Waals surface area contributed by atoms with Crippen LogP contribution >= 0.6 is 0 Å². The Kier molecular flexibility index (Phi) is 7.70. The Bertz CT molecular complexity index is 597. The Hall–Kier alpha value is -0.0256. The molecule has 167 valence electrons. The molecule has 0 aliphatic heterocycles. The molecule has 4 rings (SSSR count). The van der Waals surface area contributed by atoms with Gasteiger partial charge in [0.2, 0.25) is 0 Å². The van der Waals surface area contributed by atoms with Crippen LogP contribution in [0, 0.1) is 46.3 Å². The summed E-state index contributed by atoms with van der Waals surface area (Å²) in [5, 5.41) is 30.7. The van der Waals surface area contributed by atoms with Crippen molar-refractivity contribution in [3.8, 4) is 0 Å². The van der Waals surface area contributed by atoms with E-state index in [0.717, 1.165) is 44.9 Å². The van der Waals surface area contributed by atoms with Crippen LogP contribution in [-0.4, -0.2) is 33.5 Å². The number of rotatable bonds is 3. The van der Waals surface area contributed by atoms with Gasteiger partial charge in [0.25, 0.3) is 0 Å². The SMILES string of the molecule is C.CC(CC(=O)O)[C@H]1CCC2[C@H]3C(CC[C@@]21C)[C@@]1(C)CCC(O)C[C@H]1C[C@@H]3O.[V]. The zero-order chi connectivity index (χ0) is 19.6. The third kappa shape index (κ3) is 3.97. The fraction of sp³-hybridized carbons (Fsp3) is 0.958. The molecule has 3 N–H and O–H groups in total. The summed E-state index contributed by atoms with van der Waals surface area (Å²) in [4.78, 5) is 11.3. The minimum atomic E-state index is -0.683. The molecule has 0 heterocycles. The quantitative estimate of drug-likeness (QED) is 0.587. The van der Waals surface area contributed by atoms with Crippen LogP contribution in [0.25, 0.3) is 0 Å². The smallest absolute Gasteiger partial charge is 0.303 e. The van der Waals surface area contributed by atoms with Crippen LogP contribution in [-0.2, 0) is 23.4 Å². The Morgan fingerprint density at radius 1 is 1.00 bits per heavy atom. The Morgan fingerprint density at radius 2 is 1.62 bits per heavy atom. The van der Waals surface area contributed by atoms with Gasteiger partial charge >= 0.3 is 5.97 Å². The molecular weight excluding hydrogens is 403 g/mol. The van der Waals surface area contributed by atoms with E-state index in [2.05, 4.69) is 20.8 Å². The van der Waals surface area contributed by atoms with Gasteiger partial charge in [-0.1, -0.05) is 28.2 Å². The average molecular weight is 446 g/mol. The Labute approximate surface area is 189 Å². The molecule has 4 saturated carbocycles. The van der Waals surface area contributed by atoms with Crippen LogP contribution in [0.5, 0.6) is 0 Å². The minimum Gasteiger partial charge on any atom is -0.481 e. The number of aliphatic carboxylic acids is 1. The summed E-state index contributed by atoms with van der Waals surface area (Å²) in [6, 6.07) is 0. The predicted molar refractivity (Wildman–Crippen MR) is 111 cm³/mol. The predicted octanol–water partition coefficient (Wildman–Crippen LogP) is 4.72. The normalized spacial score (nSPS) is 49.5. The molecule has 0 aromatic carbocycles. The second-order valence-corrected chi connectivity index (χ2v) is 11.0. The molecule has 4 fully saturated rings. The van der Waals surface area contributed by atoms with Gasteiger partial charge in [-0.2, -0.15) is 0 Å². The number of carbonyl (C=O) groups is 1. The van der Waals surface area contributed by atoms with Crippen LogP contribution in [0.4, 0.5) is 0 Å². The van der Waals surface area contributed by atoms with Gasteiger partial charge in [0, 0.05) is 25.0 Å². The van der Waals surface area contributed by atoms with Crippen LogP contribution in [0.3, 0.4) is 0 Å². The van der Waals surface area contributed by atoms with Gasteiger partial charge < -0.3 is 15.3 Å². The monoisotopic (exact) mass is 445 g/mol. The first-order chi connectivity index (χ1) is 12.7. The summed E-state index contributed by atoms with van der Waals surface area (Å²) in [6.07, 6.45) is 8.12. The van der Waals surface area contributed by atoms with Gasteiger partial charge in [-0.25, -0.2) is 0 Å². The van der Waals surface area contributed by atoms with E-state index in [1.54, 1.807) is 0 Å². The molecule has 4 aliphatic carbocycles. The number of aliphatic hydroxyl groups is 2. The van der Waals surface area contributed by atoms with Gasteiger partial charge in [-0.3, -0.25) is 4.79 Å². The van der Waals surface area contributed by atoms with Gasteiger partial charge in [0.05, 0.1) is 12.2 Å². The third-order valence-electron chi connectivity index (χ3n) is 9.91. The van der Waals surface area contributed by atoms with Crippen molar-refractivity contribution in [3.63, 3.8) is 0 Å². The molecule has 4 nitrogen and oxygen atoms in total. The zero-order valence-corrected chi connectivity index (χ0v) is 19.1. The van der Waals surface area contributed by atoms with Gasteiger partial charge in [-0.05, 0) is 97.7 Å². The topological polar surface area (TPSA) is 77.8 Å². The first kappa shape index (κ1) is 25.2. The van der Waals surface area contributed by atoms with Crippen molar-refractivity contribution in [2.75, 3.05) is 0 Å². The fourth-order valence-electron chi connectivity index (χ4n) is 8.59. The maximum Gasteiger partial charge on any atom is 0.303 e. The molecule has 0 amide bonds. The number of hydrogen-bond acceptors (Lipinski definition) is 3. The van der Waals surface area contributed by atoms with Gasteiger partial charge in [-0.15, -0.1) is 0 Å². The van der Waals surface area contributed by atoms with E-state index in [-0.39, 0.29) is 61.4 Å². The summed E-state index contributed by atoms with van der Waals surface area (Å²) in [5.41, 5.74) is 0.434. The molecule has 0 bridgehead atoms. The van der Waals surface area contributed by atoms with Crippen molar-refractivity contribution in [2.24, 2.45) is 46.3 Å². The number of carboxylic acid groups (broad SMARTS) is 1. The molecule has 10 atom stereocenters. The van der Waals surface area contributed by atoms with Crippen LogP contribution in [0.2, 0.25) is 0 Å². The van der Waals surface area contributed by atoms with E-state index < -0.39 is 5.97 Å². The van der Waals surface area contributed by atoms with Crippen molar-refractivity contribution < 1.29 is 38.7 Å². The zero-order valence-electron chi connectivity index (χ0n) is 17.7. The van der Waals surface area contributed by atoms with E-state index in [1.165, 1.54) is 6.42 Å². The third-order valence-corrected chi connectivity index (χ3v) is 9.91. The summed E-state index contributed by atoms with van der Waals surface area (Å²) in [6.45, 7) is 6.96. The molecule has 4 unspecified atom stereocenters. The standard InChI is InChI=1S/C23H38O4.CH4.V/c1-13(10-20(26)27)16-4-5-17-21-18(7-9-23(16,17)3)22(2)8-6-15(24)11-14(22)12-19(21)25;;/h13-19,21,24-25H,4-12H2,1-3H3,(H,26,27);1H4;/t13?,14-,15?,16+,17?,18?,19-,21-,22-,23+;;/m0../s1. The molecule has 1 radical (unpaired) electrons. The number of hydrogen-bond donors (Lipinski definition) is 3. The second-order valence-electron chi connectivity index (χ2n) is 11.0. The van der Waals surface area contributed by atoms with E-state index >= 15 is 0 Å². The van der Waals surface area contributed by atoms with Crippen LogP contribution in [0.1, 0.15) is 86.0 Å². The van der Waals surface area contributed by atoms with Crippen molar-refractivity contribution in [3.05, 3.63) is 0 Å². The molecular formula is C24H42O4V. The van der Waals surface area contributed by atoms with Crippen molar-refractivity contribution in [1.29, 1.82) is 0 Å². The largest absolute Gasteiger partial charge is 0.481 e. The van der Waals surface area contributed by atoms with E-state index in [1.807, 2.05) is 0 Å². The molecule has 0 saturated heterocycles. The van der Waals surface area contributed by atoms with Crippen LogP contribution < -0.4 is 0 Å². The van der Waals surface area contributed by atoms with Gasteiger partial charge in [0.15, 0.2) is 0 Å².